The summed E-state index contributed by atoms with van der Waals surface area (Å²) < 4.78 is 0. The van der Waals surface area contributed by atoms with Crippen LogP contribution in [0.5, 0.6) is 0 Å². The van der Waals surface area contributed by atoms with Crippen LogP contribution in [0.25, 0.3) is 0 Å². The first-order valence-corrected chi connectivity index (χ1v) is 7.47. The minimum Gasteiger partial charge on any atom is -0.283 e. The van der Waals surface area contributed by atoms with Crippen LogP contribution in [-0.4, -0.2) is 43.8 Å². The predicted octanol–water partition coefficient (Wildman–Crippen LogP) is 3.55. The summed E-state index contributed by atoms with van der Waals surface area (Å²) >= 11 is 0. The van der Waals surface area contributed by atoms with Crippen LogP contribution >= 0.6 is 0 Å². The molecule has 0 spiro atoms. The summed E-state index contributed by atoms with van der Waals surface area (Å²) in [6.07, 6.45) is 3.78. The molecule has 0 amide bonds. The number of nitrogens with zero attached hydrogens (tertiary/aromatic N) is 4. The van der Waals surface area contributed by atoms with Gasteiger partial charge in [-0.3, -0.25) is 4.90 Å². The third-order valence-electron chi connectivity index (χ3n) is 3.13. The van der Waals surface area contributed by atoms with Gasteiger partial charge in [-0.2, -0.15) is 5.11 Å². The van der Waals surface area contributed by atoms with Crippen LogP contribution in [0.15, 0.2) is 10.3 Å². The van der Waals surface area contributed by atoms with Crippen LogP contribution in [0.4, 0.5) is 0 Å². The Hall–Kier alpha value is -0.680. The molecule has 0 aliphatic heterocycles. The van der Waals surface area contributed by atoms with Crippen LogP contribution in [-0.2, 0) is 0 Å². The Morgan fingerprint density at radius 1 is 1.05 bits per heavy atom. The molecule has 0 fully saturated rings. The van der Waals surface area contributed by atoms with Crippen molar-refractivity contribution in [2.24, 2.45) is 16.3 Å². The van der Waals surface area contributed by atoms with Crippen molar-refractivity contribution in [2.45, 2.75) is 59.9 Å². The Kier molecular flexibility index (Phi) is 14.9. The molecule has 5 nitrogen and oxygen atoms in total. The molecule has 0 heterocycles. The van der Waals surface area contributed by atoms with Crippen molar-refractivity contribution in [1.82, 2.24) is 15.4 Å². The van der Waals surface area contributed by atoms with E-state index in [9.17, 15) is 0 Å². The van der Waals surface area contributed by atoms with E-state index in [1.165, 1.54) is 19.3 Å². The third-order valence-corrected chi connectivity index (χ3v) is 3.13. The van der Waals surface area contributed by atoms with Gasteiger partial charge in [-0.05, 0) is 32.7 Å². The molecule has 5 heteroatoms. The molecule has 0 rings (SSSR count). The van der Waals surface area contributed by atoms with E-state index < -0.39 is 0 Å². The van der Waals surface area contributed by atoms with E-state index in [1.807, 2.05) is 27.9 Å². The van der Waals surface area contributed by atoms with Gasteiger partial charge in [-0.1, -0.05) is 39.3 Å². The predicted molar refractivity (Wildman–Crippen MR) is 83.8 cm³/mol. The van der Waals surface area contributed by atoms with Crippen molar-refractivity contribution >= 4 is 0 Å². The van der Waals surface area contributed by atoms with Gasteiger partial charge in [0.05, 0.1) is 0 Å². The first-order chi connectivity index (χ1) is 8.97. The molecule has 2 atom stereocenters. The molecule has 0 bridgehead atoms. The highest BCUT2D eigenvalue weighted by atomic mass is 15.7. The van der Waals surface area contributed by atoms with Gasteiger partial charge in [0.15, 0.2) is 0 Å². The first kappa shape index (κ1) is 20.6. The molecule has 0 aliphatic rings. The Bertz CT molecular complexity index is 206. The number of nitrogens with one attached hydrogen (secondary N) is 1. The highest BCUT2D eigenvalue weighted by Gasteiger charge is 2.09. The average Bonchev–Trinajstić information content (AvgIpc) is 2.42. The maximum Gasteiger partial charge on any atom is 0.114 e. The van der Waals surface area contributed by atoms with Crippen LogP contribution in [0.3, 0.4) is 0 Å². The summed E-state index contributed by atoms with van der Waals surface area (Å²) in [6, 6.07) is 0.558. The largest absolute Gasteiger partial charge is 0.283 e. The highest BCUT2D eigenvalue weighted by Crippen LogP contribution is 2.13. The van der Waals surface area contributed by atoms with Crippen molar-refractivity contribution in [1.29, 1.82) is 0 Å². The summed E-state index contributed by atoms with van der Waals surface area (Å²) in [5.41, 5.74) is 2.76. The zero-order valence-corrected chi connectivity index (χ0v) is 14.3. The van der Waals surface area contributed by atoms with E-state index in [4.69, 9.17) is 0 Å². The average molecular weight is 273 g/mol. The smallest absolute Gasteiger partial charge is 0.114 e. The molecule has 0 aliphatic carbocycles. The zero-order valence-electron chi connectivity index (χ0n) is 14.3. The van der Waals surface area contributed by atoms with E-state index >= 15 is 0 Å². The summed E-state index contributed by atoms with van der Waals surface area (Å²) in [7, 11) is 5.87. The minimum absolute atomic E-state index is 0.558. The van der Waals surface area contributed by atoms with Gasteiger partial charge in [0.25, 0.3) is 0 Å². The first-order valence-electron chi connectivity index (χ1n) is 7.47. The quantitative estimate of drug-likeness (QED) is 0.516. The van der Waals surface area contributed by atoms with Gasteiger partial charge in [0.2, 0.25) is 0 Å². The van der Waals surface area contributed by atoms with Crippen LogP contribution in [0.2, 0.25) is 0 Å². The van der Waals surface area contributed by atoms with E-state index in [1.54, 1.807) is 5.01 Å². The summed E-state index contributed by atoms with van der Waals surface area (Å²) in [5.74, 6) is 0.822. The molecule has 1 N–H and O–H groups in total. The van der Waals surface area contributed by atoms with E-state index in [2.05, 4.69) is 48.6 Å². The van der Waals surface area contributed by atoms with E-state index in [0.29, 0.717) is 12.7 Å². The second kappa shape index (κ2) is 13.7. The van der Waals surface area contributed by atoms with Gasteiger partial charge in [0, 0.05) is 20.1 Å². The molecule has 0 radical (unpaired) electrons. The van der Waals surface area contributed by atoms with Crippen LogP contribution in [0, 0.1) is 5.92 Å². The van der Waals surface area contributed by atoms with E-state index in [-0.39, 0.29) is 0 Å². The lowest BCUT2D eigenvalue weighted by atomic mass is 10.00. The van der Waals surface area contributed by atoms with Crippen molar-refractivity contribution < 1.29 is 0 Å². The fraction of sp³-hybridized carbons (Fsp3) is 1.00. The summed E-state index contributed by atoms with van der Waals surface area (Å²) in [4.78, 5) is 2.23. The number of hydrazine groups is 1. The second-order valence-corrected chi connectivity index (χ2v) is 5.07. The fourth-order valence-electron chi connectivity index (χ4n) is 1.34. The lowest BCUT2D eigenvalue weighted by molar-refractivity contribution is 0.226. The topological polar surface area (TPSA) is 43.2 Å². The van der Waals surface area contributed by atoms with Crippen molar-refractivity contribution in [3.63, 3.8) is 0 Å². The van der Waals surface area contributed by atoms with Crippen LogP contribution in [0.1, 0.15) is 53.9 Å². The summed E-state index contributed by atoms with van der Waals surface area (Å²) in [5, 5.41) is 9.70. The van der Waals surface area contributed by atoms with Gasteiger partial charge in [-0.25, -0.2) is 10.5 Å². The van der Waals surface area contributed by atoms with Crippen molar-refractivity contribution in [2.75, 3.05) is 27.8 Å². The molecule has 0 saturated carbocycles. The third kappa shape index (κ3) is 13.6. The Balaban J connectivity index is 0. The Labute approximate surface area is 120 Å². The second-order valence-electron chi connectivity index (χ2n) is 5.07. The number of hydrogen-bond donors (Lipinski definition) is 1. The SMILES string of the molecule is CC.CCC(C)CCC(C)N(C)C/N=N\NN(C)C. The molecule has 0 aromatic rings. The maximum absolute atomic E-state index is 4.08. The van der Waals surface area contributed by atoms with E-state index in [0.717, 1.165) is 5.92 Å². The molecule has 19 heavy (non-hydrogen) atoms. The monoisotopic (exact) mass is 273 g/mol. The maximum atomic E-state index is 4.08. The molecule has 0 saturated heterocycles. The normalized spacial score (nSPS) is 14.4. The number of hydrogen-bond acceptors (Lipinski definition) is 4. The molecule has 0 aromatic carbocycles. The highest BCUT2D eigenvalue weighted by molar-refractivity contribution is 4.63. The molecular weight excluding hydrogens is 238 g/mol. The number of rotatable bonds is 9. The molecular formula is C14H35N5. The standard InChI is InChI=1S/C12H29N5.C2H6/c1-7-11(2)8-9-12(3)17(6)10-13-14-15-16(4)5;1-2/h11-12H,7-10H2,1-6H3,(H,13,15);1-2H3. The van der Waals surface area contributed by atoms with Crippen molar-refractivity contribution in [3.05, 3.63) is 0 Å². The van der Waals surface area contributed by atoms with Crippen LogP contribution < -0.4 is 5.53 Å². The summed E-state index contributed by atoms with van der Waals surface area (Å²) in [6.45, 7) is 11.5. The molecule has 116 valence electrons. The van der Waals surface area contributed by atoms with Gasteiger partial charge < -0.3 is 0 Å². The lowest BCUT2D eigenvalue weighted by Crippen LogP contribution is -2.30. The lowest BCUT2D eigenvalue weighted by Gasteiger charge is -2.23. The van der Waals surface area contributed by atoms with Gasteiger partial charge >= 0.3 is 0 Å². The van der Waals surface area contributed by atoms with Gasteiger partial charge in [-0.15, -0.1) is 0 Å². The Morgan fingerprint density at radius 3 is 2.11 bits per heavy atom. The fourth-order valence-corrected chi connectivity index (χ4v) is 1.34. The molecule has 2 unspecified atom stereocenters. The zero-order chi connectivity index (χ0) is 15.3. The molecule has 0 aromatic heterocycles. The van der Waals surface area contributed by atoms with Gasteiger partial charge in [0.1, 0.15) is 6.67 Å². The Morgan fingerprint density at radius 2 is 1.63 bits per heavy atom. The van der Waals surface area contributed by atoms with Crippen molar-refractivity contribution in [3.8, 4) is 0 Å². The minimum atomic E-state index is 0.558.